The quantitative estimate of drug-likeness (QED) is 0.534. The molecule has 1 heterocycles. The number of nitrogens with one attached hydrogen (secondary N) is 1. The molecule has 6 heteroatoms. The zero-order chi connectivity index (χ0) is 22.4. The Balaban J connectivity index is 0.000000858. The van der Waals surface area contributed by atoms with E-state index in [1.807, 2.05) is 45.3 Å². The van der Waals surface area contributed by atoms with Gasteiger partial charge in [-0.05, 0) is 75.5 Å². The van der Waals surface area contributed by atoms with E-state index in [2.05, 4.69) is 34.6 Å². The summed E-state index contributed by atoms with van der Waals surface area (Å²) in [5.74, 6) is 0.622. The summed E-state index contributed by atoms with van der Waals surface area (Å²) in [6, 6.07) is 14.9. The SMILES string of the molecule is CC=O.CNC1CCc2c(-c3cnc(-c4ccc(OC(C)C)c(C#N)c4)s3)cccc21. The Morgan fingerprint density at radius 2 is 2.10 bits per heavy atom. The lowest BCUT2D eigenvalue weighted by Crippen LogP contribution is -2.12. The van der Waals surface area contributed by atoms with Crippen LogP contribution in [-0.2, 0) is 11.2 Å². The number of aldehydes is 1. The van der Waals surface area contributed by atoms with Crippen LogP contribution in [0.5, 0.6) is 5.75 Å². The molecule has 1 aromatic heterocycles. The number of carbonyl (C=O) groups excluding carboxylic acids is 1. The molecule has 1 N–H and O–H groups in total. The number of hydrogen-bond donors (Lipinski definition) is 1. The molecule has 1 unspecified atom stereocenters. The van der Waals surface area contributed by atoms with Crippen LogP contribution < -0.4 is 10.1 Å². The van der Waals surface area contributed by atoms with Gasteiger partial charge in [0, 0.05) is 17.8 Å². The van der Waals surface area contributed by atoms with Crippen molar-refractivity contribution < 1.29 is 9.53 Å². The molecular weight excluding hydrogens is 406 g/mol. The molecule has 0 fully saturated rings. The summed E-state index contributed by atoms with van der Waals surface area (Å²) in [6.45, 7) is 5.36. The van der Waals surface area contributed by atoms with Gasteiger partial charge in [0.1, 0.15) is 23.1 Å². The van der Waals surface area contributed by atoms with Gasteiger partial charge in [-0.2, -0.15) is 5.26 Å². The van der Waals surface area contributed by atoms with E-state index in [1.54, 1.807) is 11.3 Å². The fourth-order valence-electron chi connectivity index (χ4n) is 3.82. The molecule has 0 spiro atoms. The van der Waals surface area contributed by atoms with Crippen molar-refractivity contribution in [2.45, 2.75) is 45.8 Å². The minimum Gasteiger partial charge on any atom is -0.490 e. The Kier molecular flexibility index (Phi) is 7.56. The van der Waals surface area contributed by atoms with E-state index >= 15 is 0 Å². The zero-order valence-electron chi connectivity index (χ0n) is 18.3. The van der Waals surface area contributed by atoms with Crippen molar-refractivity contribution in [3.8, 4) is 32.8 Å². The molecule has 31 heavy (non-hydrogen) atoms. The summed E-state index contributed by atoms with van der Waals surface area (Å²) >= 11 is 1.67. The first kappa shape index (κ1) is 22.7. The normalized spacial score (nSPS) is 14.4. The van der Waals surface area contributed by atoms with Gasteiger partial charge >= 0.3 is 0 Å². The van der Waals surface area contributed by atoms with Crippen LogP contribution in [0.3, 0.4) is 0 Å². The second-order valence-corrected chi connectivity index (χ2v) is 8.54. The number of rotatable bonds is 5. The summed E-state index contributed by atoms with van der Waals surface area (Å²) in [5.41, 5.74) is 5.59. The first-order valence-electron chi connectivity index (χ1n) is 10.4. The van der Waals surface area contributed by atoms with Gasteiger partial charge in [0.15, 0.2) is 0 Å². The highest BCUT2D eigenvalue weighted by atomic mass is 32.1. The Bertz CT molecular complexity index is 1100. The fraction of sp³-hybridized carbons (Fsp3) is 0.320. The Labute approximate surface area is 187 Å². The topological polar surface area (TPSA) is 75.0 Å². The molecule has 1 atom stereocenters. The van der Waals surface area contributed by atoms with Crippen LogP contribution in [-0.4, -0.2) is 24.4 Å². The maximum absolute atomic E-state index is 9.49. The summed E-state index contributed by atoms with van der Waals surface area (Å²) in [7, 11) is 2.02. The van der Waals surface area contributed by atoms with E-state index in [1.165, 1.54) is 28.5 Å². The second kappa shape index (κ2) is 10.3. The predicted molar refractivity (Wildman–Crippen MR) is 125 cm³/mol. The predicted octanol–water partition coefficient (Wildman–Crippen LogP) is 5.55. The highest BCUT2D eigenvalue weighted by Gasteiger charge is 2.24. The minimum absolute atomic E-state index is 0.0334. The molecule has 1 aliphatic carbocycles. The van der Waals surface area contributed by atoms with Crippen LogP contribution in [0.1, 0.15) is 49.9 Å². The number of aromatic nitrogens is 1. The maximum Gasteiger partial charge on any atom is 0.137 e. The van der Waals surface area contributed by atoms with Crippen LogP contribution in [0.4, 0.5) is 0 Å². The lowest BCUT2D eigenvalue weighted by Gasteiger charge is -2.11. The monoisotopic (exact) mass is 433 g/mol. The zero-order valence-corrected chi connectivity index (χ0v) is 19.1. The average molecular weight is 434 g/mol. The lowest BCUT2D eigenvalue weighted by molar-refractivity contribution is -0.106. The summed E-state index contributed by atoms with van der Waals surface area (Å²) in [6.07, 6.45) is 4.96. The van der Waals surface area contributed by atoms with Crippen molar-refractivity contribution in [2.24, 2.45) is 0 Å². The molecule has 0 saturated heterocycles. The Morgan fingerprint density at radius 1 is 1.32 bits per heavy atom. The first-order chi connectivity index (χ1) is 15.0. The van der Waals surface area contributed by atoms with E-state index in [4.69, 9.17) is 9.53 Å². The highest BCUT2D eigenvalue weighted by molar-refractivity contribution is 7.18. The largest absolute Gasteiger partial charge is 0.490 e. The van der Waals surface area contributed by atoms with Crippen LogP contribution in [0, 0.1) is 11.3 Å². The van der Waals surface area contributed by atoms with E-state index in [0.717, 1.165) is 29.7 Å². The van der Waals surface area contributed by atoms with E-state index < -0.39 is 0 Å². The molecular formula is C25H27N3O2S. The van der Waals surface area contributed by atoms with Gasteiger partial charge in [0.2, 0.25) is 0 Å². The number of nitriles is 1. The highest BCUT2D eigenvalue weighted by Crippen LogP contribution is 2.41. The average Bonchev–Trinajstić information content (AvgIpc) is 3.41. The van der Waals surface area contributed by atoms with Crippen LogP contribution >= 0.6 is 11.3 Å². The van der Waals surface area contributed by atoms with Crippen LogP contribution in [0.2, 0.25) is 0 Å². The second-order valence-electron chi connectivity index (χ2n) is 7.51. The van der Waals surface area contributed by atoms with Crippen molar-refractivity contribution in [1.82, 2.24) is 10.3 Å². The fourth-order valence-corrected chi connectivity index (χ4v) is 4.79. The number of nitrogens with zero attached hydrogens (tertiary/aromatic N) is 2. The summed E-state index contributed by atoms with van der Waals surface area (Å²) in [5, 5.41) is 13.8. The molecule has 2 aromatic carbocycles. The number of fused-ring (bicyclic) bond motifs is 1. The van der Waals surface area contributed by atoms with E-state index in [0.29, 0.717) is 17.4 Å². The van der Waals surface area contributed by atoms with E-state index in [-0.39, 0.29) is 6.10 Å². The standard InChI is InChI=1S/C23H23N3OS.C2H4O/c1-14(2)27-21-10-7-15(11-16(21)12-24)23-26-13-22(28-23)19-6-4-5-18-17(19)8-9-20(18)25-3;1-2-3/h4-7,10-11,13-14,20,25H,8-9H2,1-3H3;2H,1H3. The lowest BCUT2D eigenvalue weighted by atomic mass is 10.0. The van der Waals surface area contributed by atoms with Crippen molar-refractivity contribution in [3.05, 3.63) is 59.3 Å². The number of thiazole rings is 1. The molecule has 160 valence electrons. The molecule has 0 bridgehead atoms. The summed E-state index contributed by atoms with van der Waals surface area (Å²) < 4.78 is 5.73. The van der Waals surface area contributed by atoms with Crippen molar-refractivity contribution in [3.63, 3.8) is 0 Å². The van der Waals surface area contributed by atoms with Crippen LogP contribution in [0.15, 0.2) is 42.6 Å². The molecule has 3 aromatic rings. The Morgan fingerprint density at radius 3 is 2.77 bits per heavy atom. The van der Waals surface area contributed by atoms with Gasteiger partial charge in [-0.25, -0.2) is 4.98 Å². The molecule has 1 aliphatic rings. The van der Waals surface area contributed by atoms with Crippen molar-refractivity contribution >= 4 is 17.6 Å². The molecule has 0 saturated carbocycles. The number of carbonyl (C=O) groups is 1. The van der Waals surface area contributed by atoms with E-state index in [9.17, 15) is 5.26 Å². The third kappa shape index (κ3) is 5.01. The Hall–Kier alpha value is -3.01. The van der Waals surface area contributed by atoms with Crippen molar-refractivity contribution in [1.29, 1.82) is 5.26 Å². The van der Waals surface area contributed by atoms with Crippen molar-refractivity contribution in [2.75, 3.05) is 7.05 Å². The molecule has 5 nitrogen and oxygen atoms in total. The number of benzene rings is 2. The minimum atomic E-state index is 0.0334. The number of ether oxygens (including phenoxy) is 1. The third-order valence-electron chi connectivity index (χ3n) is 5.10. The summed E-state index contributed by atoms with van der Waals surface area (Å²) in [4.78, 5) is 14.6. The smallest absolute Gasteiger partial charge is 0.137 e. The van der Waals surface area contributed by atoms with Gasteiger partial charge < -0.3 is 14.8 Å². The molecule has 0 aliphatic heterocycles. The first-order valence-corrected chi connectivity index (χ1v) is 11.2. The molecule has 4 rings (SSSR count). The molecule has 0 amide bonds. The van der Waals surface area contributed by atoms with Gasteiger partial charge in [0.05, 0.1) is 16.5 Å². The third-order valence-corrected chi connectivity index (χ3v) is 6.18. The molecule has 0 radical (unpaired) electrons. The van der Waals surface area contributed by atoms with Gasteiger partial charge in [-0.3, -0.25) is 0 Å². The van der Waals surface area contributed by atoms with Gasteiger partial charge in [-0.1, -0.05) is 18.2 Å². The van der Waals surface area contributed by atoms with Gasteiger partial charge in [-0.15, -0.1) is 11.3 Å². The maximum atomic E-state index is 9.49. The van der Waals surface area contributed by atoms with Gasteiger partial charge in [0.25, 0.3) is 0 Å². The van der Waals surface area contributed by atoms with Crippen LogP contribution in [0.25, 0.3) is 21.0 Å². The number of hydrogen-bond acceptors (Lipinski definition) is 6.